The predicted molar refractivity (Wildman–Crippen MR) is 96.5 cm³/mol. The first-order chi connectivity index (χ1) is 12.1. The second-order valence-corrected chi connectivity index (χ2v) is 6.12. The molecule has 0 aliphatic carbocycles. The molecule has 138 valence electrons. The Bertz CT molecular complexity index is 606. The topological polar surface area (TPSA) is 76.1 Å². The van der Waals surface area contributed by atoms with Crippen molar-refractivity contribution in [3.8, 4) is 5.88 Å². The van der Waals surface area contributed by atoms with Crippen LogP contribution < -0.4 is 10.1 Å². The number of nitrogens with zero attached hydrogens (tertiary/aromatic N) is 3. The first kappa shape index (κ1) is 19.0. The number of ether oxygens (including phenoxy) is 2. The van der Waals surface area contributed by atoms with E-state index in [1.807, 2.05) is 26.0 Å². The van der Waals surface area contributed by atoms with Crippen molar-refractivity contribution in [2.75, 3.05) is 33.4 Å². The Kier molecular flexibility index (Phi) is 7.03. The summed E-state index contributed by atoms with van der Waals surface area (Å²) >= 11 is 0. The number of hydrogen-bond acceptors (Lipinski definition) is 5. The fraction of sp³-hybridized carbons (Fsp3) is 0.611. The molecule has 0 saturated carbocycles. The van der Waals surface area contributed by atoms with Crippen molar-refractivity contribution in [2.45, 2.75) is 27.3 Å². The molecule has 1 aromatic rings. The Morgan fingerprint density at radius 1 is 1.44 bits per heavy atom. The summed E-state index contributed by atoms with van der Waals surface area (Å²) in [4.78, 5) is 22.9. The molecule has 1 N–H and O–H groups in total. The number of carbonyl (C=O) groups is 1. The zero-order chi connectivity index (χ0) is 18.2. The van der Waals surface area contributed by atoms with Crippen molar-refractivity contribution < 1.29 is 14.3 Å². The van der Waals surface area contributed by atoms with Gasteiger partial charge < -0.3 is 19.7 Å². The predicted octanol–water partition coefficient (Wildman–Crippen LogP) is 1.69. The Morgan fingerprint density at radius 2 is 2.24 bits per heavy atom. The lowest BCUT2D eigenvalue weighted by molar-refractivity contribution is -0.145. The first-order valence-electron chi connectivity index (χ1n) is 8.77. The Morgan fingerprint density at radius 3 is 2.92 bits per heavy atom. The lowest BCUT2D eigenvalue weighted by Gasteiger charge is -2.21. The summed E-state index contributed by atoms with van der Waals surface area (Å²) in [5, 5.41) is 3.31. The zero-order valence-electron chi connectivity index (χ0n) is 15.5. The molecule has 7 heteroatoms. The van der Waals surface area contributed by atoms with E-state index in [4.69, 9.17) is 14.5 Å². The first-order valence-corrected chi connectivity index (χ1v) is 8.77. The van der Waals surface area contributed by atoms with Crippen molar-refractivity contribution in [3.05, 3.63) is 23.9 Å². The number of nitrogens with one attached hydrogen (secondary N) is 1. The van der Waals surface area contributed by atoms with Gasteiger partial charge in [-0.25, -0.2) is 9.98 Å². The summed E-state index contributed by atoms with van der Waals surface area (Å²) in [6.45, 7) is 9.33. The molecule has 1 aromatic heterocycles. The van der Waals surface area contributed by atoms with Crippen LogP contribution >= 0.6 is 0 Å². The molecule has 2 unspecified atom stereocenters. The van der Waals surface area contributed by atoms with Crippen molar-refractivity contribution in [3.63, 3.8) is 0 Å². The van der Waals surface area contributed by atoms with Crippen LogP contribution in [-0.4, -0.2) is 55.2 Å². The Hall–Kier alpha value is -2.31. The average molecular weight is 348 g/mol. The Labute approximate surface area is 149 Å². The number of carbonyl (C=O) groups excluding carboxylic acids is 1. The highest BCUT2D eigenvalue weighted by Gasteiger charge is 2.36. The lowest BCUT2D eigenvalue weighted by Crippen LogP contribution is -2.40. The van der Waals surface area contributed by atoms with E-state index in [1.165, 1.54) is 7.11 Å². The fourth-order valence-electron chi connectivity index (χ4n) is 2.97. The molecule has 0 amide bonds. The highest BCUT2D eigenvalue weighted by Crippen LogP contribution is 2.24. The van der Waals surface area contributed by atoms with E-state index in [0.717, 1.165) is 24.6 Å². The van der Waals surface area contributed by atoms with Gasteiger partial charge in [0.25, 0.3) is 0 Å². The number of aliphatic imine (C=N–C) groups is 1. The van der Waals surface area contributed by atoms with E-state index in [2.05, 4.69) is 22.1 Å². The molecule has 7 nitrogen and oxygen atoms in total. The number of aromatic nitrogens is 1. The maximum Gasteiger partial charge on any atom is 0.310 e. The second kappa shape index (κ2) is 9.25. The Balaban J connectivity index is 2.08. The maximum absolute atomic E-state index is 11.9. The van der Waals surface area contributed by atoms with E-state index in [1.54, 1.807) is 6.20 Å². The van der Waals surface area contributed by atoms with Crippen molar-refractivity contribution in [2.24, 2.45) is 16.8 Å². The van der Waals surface area contributed by atoms with Gasteiger partial charge in [-0.1, -0.05) is 6.92 Å². The lowest BCUT2D eigenvalue weighted by atomic mass is 9.99. The van der Waals surface area contributed by atoms with Crippen molar-refractivity contribution in [1.29, 1.82) is 0 Å². The van der Waals surface area contributed by atoms with Gasteiger partial charge in [0, 0.05) is 31.9 Å². The summed E-state index contributed by atoms with van der Waals surface area (Å²) in [5.41, 5.74) is 1.03. The minimum absolute atomic E-state index is 0.112. The van der Waals surface area contributed by atoms with E-state index in [0.29, 0.717) is 25.6 Å². The van der Waals surface area contributed by atoms with Crippen LogP contribution in [0.5, 0.6) is 5.88 Å². The van der Waals surface area contributed by atoms with Gasteiger partial charge in [-0.3, -0.25) is 4.79 Å². The summed E-state index contributed by atoms with van der Waals surface area (Å²) in [6, 6.07) is 3.83. The maximum atomic E-state index is 11.9. The molecule has 0 bridgehead atoms. The molecular weight excluding hydrogens is 320 g/mol. The number of rotatable bonds is 6. The average Bonchev–Trinajstić information content (AvgIpc) is 3.00. The highest BCUT2D eigenvalue weighted by molar-refractivity contribution is 5.82. The molecular formula is C18H28N4O3. The van der Waals surface area contributed by atoms with Gasteiger partial charge in [0.15, 0.2) is 5.96 Å². The van der Waals surface area contributed by atoms with E-state index >= 15 is 0 Å². The smallest absolute Gasteiger partial charge is 0.310 e. The molecule has 0 aromatic carbocycles. The number of methoxy groups -OCH3 is 1. The monoisotopic (exact) mass is 348 g/mol. The molecule has 2 heterocycles. The van der Waals surface area contributed by atoms with Crippen LogP contribution in [0.2, 0.25) is 0 Å². The number of likely N-dealkylation sites (tertiary alicyclic amines) is 1. The molecule has 2 rings (SSSR count). The van der Waals surface area contributed by atoms with E-state index < -0.39 is 0 Å². The summed E-state index contributed by atoms with van der Waals surface area (Å²) < 4.78 is 10.3. The number of hydrogen-bond donors (Lipinski definition) is 1. The normalized spacial score (nSPS) is 20.5. The van der Waals surface area contributed by atoms with Gasteiger partial charge in [-0.15, -0.1) is 0 Å². The van der Waals surface area contributed by atoms with Crippen molar-refractivity contribution in [1.82, 2.24) is 15.2 Å². The minimum Gasteiger partial charge on any atom is -0.478 e. The van der Waals surface area contributed by atoms with Gasteiger partial charge in [-0.2, -0.15) is 0 Å². The molecule has 1 aliphatic rings. The van der Waals surface area contributed by atoms with Crippen molar-refractivity contribution >= 4 is 11.9 Å². The summed E-state index contributed by atoms with van der Waals surface area (Å²) in [5.74, 6) is 1.40. The van der Waals surface area contributed by atoms with Gasteiger partial charge in [0.2, 0.25) is 5.88 Å². The molecule has 1 fully saturated rings. The molecule has 2 atom stereocenters. The van der Waals surface area contributed by atoms with E-state index in [-0.39, 0.29) is 17.8 Å². The minimum atomic E-state index is -0.152. The summed E-state index contributed by atoms with van der Waals surface area (Å²) in [6.07, 6.45) is 1.73. The highest BCUT2D eigenvalue weighted by atomic mass is 16.5. The SMILES string of the molecule is CCNC(=NCc1ccnc(OCC)c1)N1CC(C)C(C(=O)OC)C1. The van der Waals surface area contributed by atoms with Crippen LogP contribution in [0.4, 0.5) is 0 Å². The number of pyridine rings is 1. The zero-order valence-corrected chi connectivity index (χ0v) is 15.5. The van der Waals surface area contributed by atoms with E-state index in [9.17, 15) is 4.79 Å². The molecule has 0 radical (unpaired) electrons. The largest absolute Gasteiger partial charge is 0.478 e. The van der Waals surface area contributed by atoms with Gasteiger partial charge in [0.1, 0.15) is 0 Å². The fourth-order valence-corrected chi connectivity index (χ4v) is 2.97. The van der Waals surface area contributed by atoms with Crippen LogP contribution in [-0.2, 0) is 16.1 Å². The van der Waals surface area contributed by atoms with Gasteiger partial charge in [-0.05, 0) is 31.4 Å². The second-order valence-electron chi connectivity index (χ2n) is 6.12. The van der Waals surface area contributed by atoms with Crippen LogP contribution in [0.3, 0.4) is 0 Å². The number of esters is 1. The molecule has 1 aliphatic heterocycles. The van der Waals surface area contributed by atoms with Gasteiger partial charge in [0.05, 0.1) is 26.2 Å². The van der Waals surface area contributed by atoms with Gasteiger partial charge >= 0.3 is 5.97 Å². The number of guanidine groups is 1. The van der Waals surface area contributed by atoms with Crippen LogP contribution in [0.25, 0.3) is 0 Å². The standard InChI is InChI=1S/C18H28N4O3/c1-5-19-18(22-11-13(3)15(12-22)17(23)24-4)21-10-14-7-8-20-16(9-14)25-6-2/h7-9,13,15H,5-6,10-12H2,1-4H3,(H,19,21). The van der Waals surface area contributed by atoms with Crippen LogP contribution in [0.15, 0.2) is 23.3 Å². The third kappa shape index (κ3) is 5.08. The molecule has 1 saturated heterocycles. The summed E-state index contributed by atoms with van der Waals surface area (Å²) in [7, 11) is 1.44. The van der Waals surface area contributed by atoms with Crippen LogP contribution in [0.1, 0.15) is 26.3 Å². The third-order valence-corrected chi connectivity index (χ3v) is 4.25. The molecule has 25 heavy (non-hydrogen) atoms. The molecule has 0 spiro atoms. The third-order valence-electron chi connectivity index (χ3n) is 4.25. The van der Waals surface area contributed by atoms with Crippen LogP contribution in [0, 0.1) is 11.8 Å². The quantitative estimate of drug-likeness (QED) is 0.479.